The molecule has 8 heteroatoms. The van der Waals surface area contributed by atoms with Crippen molar-refractivity contribution in [3.63, 3.8) is 0 Å². The number of amides is 1. The Morgan fingerprint density at radius 1 is 1.60 bits per heavy atom. The number of carboxylic acid groups (broad SMARTS) is 1. The summed E-state index contributed by atoms with van der Waals surface area (Å²) in [6.45, 7) is 1.61. The lowest BCUT2D eigenvalue weighted by atomic mass is 9.85. The predicted octanol–water partition coefficient (Wildman–Crippen LogP) is 2.03. The molecule has 1 amide bonds. The van der Waals surface area contributed by atoms with Crippen LogP contribution >= 0.6 is 11.3 Å². The Hall–Kier alpha value is -1.96. The van der Waals surface area contributed by atoms with Gasteiger partial charge in [0.2, 0.25) is 0 Å². The van der Waals surface area contributed by atoms with E-state index in [1.807, 2.05) is 0 Å². The number of nitro groups is 1. The molecule has 0 saturated heterocycles. The molecule has 0 radical (unpaired) electrons. The highest BCUT2D eigenvalue weighted by Gasteiger charge is 2.46. The van der Waals surface area contributed by atoms with Gasteiger partial charge >= 0.3 is 11.0 Å². The fourth-order valence-corrected chi connectivity index (χ4v) is 3.14. The number of thiophene rings is 1. The monoisotopic (exact) mass is 298 g/mol. The van der Waals surface area contributed by atoms with Gasteiger partial charge in [-0.05, 0) is 19.8 Å². The molecule has 0 spiro atoms. The highest BCUT2D eigenvalue weighted by atomic mass is 32.1. The lowest BCUT2D eigenvalue weighted by Gasteiger charge is -2.27. The lowest BCUT2D eigenvalue weighted by molar-refractivity contribution is -0.380. The molecule has 1 aliphatic carbocycles. The number of nitrogens with zero attached hydrogens (tertiary/aromatic N) is 1. The molecule has 7 nitrogen and oxygen atoms in total. The van der Waals surface area contributed by atoms with Crippen LogP contribution in [0.25, 0.3) is 0 Å². The minimum atomic E-state index is -0.975. The first-order valence-electron chi connectivity index (χ1n) is 6.12. The van der Waals surface area contributed by atoms with Crippen molar-refractivity contribution < 1.29 is 19.6 Å². The van der Waals surface area contributed by atoms with Gasteiger partial charge in [0.25, 0.3) is 5.91 Å². The molecule has 108 valence electrons. The Kier molecular flexibility index (Phi) is 3.76. The maximum absolute atomic E-state index is 12.0. The van der Waals surface area contributed by atoms with E-state index in [2.05, 4.69) is 5.32 Å². The van der Waals surface area contributed by atoms with Crippen LogP contribution in [0.5, 0.6) is 0 Å². The minimum Gasteiger partial charge on any atom is -0.481 e. The van der Waals surface area contributed by atoms with Crippen LogP contribution in [0.3, 0.4) is 0 Å². The van der Waals surface area contributed by atoms with Gasteiger partial charge in [-0.2, -0.15) is 0 Å². The number of carbonyl (C=O) groups excluding carboxylic acids is 1. The van der Waals surface area contributed by atoms with Crippen molar-refractivity contribution >= 4 is 28.2 Å². The van der Waals surface area contributed by atoms with Gasteiger partial charge in [-0.15, -0.1) is 0 Å². The summed E-state index contributed by atoms with van der Waals surface area (Å²) in [5, 5.41) is 23.8. The highest BCUT2D eigenvalue weighted by molar-refractivity contribution is 7.13. The SMILES string of the molecule is CC1(C(=O)O)CCCC1NC(=O)c1csc([N+](=O)[O-])c1. The van der Waals surface area contributed by atoms with Gasteiger partial charge in [0, 0.05) is 17.5 Å². The topological polar surface area (TPSA) is 110 Å². The third-order valence-corrected chi connectivity index (χ3v) is 4.66. The molecule has 0 aromatic carbocycles. The van der Waals surface area contributed by atoms with Crippen molar-refractivity contribution in [1.82, 2.24) is 5.32 Å². The fourth-order valence-electron chi connectivity index (χ4n) is 2.43. The molecule has 2 N–H and O–H groups in total. The molecule has 0 bridgehead atoms. The molecule has 1 aromatic heterocycles. The zero-order chi connectivity index (χ0) is 14.9. The first kappa shape index (κ1) is 14.4. The standard InChI is InChI=1S/C12H14N2O5S/c1-12(11(16)17)4-2-3-8(12)13-10(15)7-5-9(14(18)19)20-6-7/h5-6,8H,2-4H2,1H3,(H,13,15)(H,16,17). The van der Waals surface area contributed by atoms with Crippen molar-refractivity contribution in [2.45, 2.75) is 32.2 Å². The first-order valence-corrected chi connectivity index (χ1v) is 7.00. The molecule has 1 fully saturated rings. The second-order valence-electron chi connectivity index (χ2n) is 5.07. The van der Waals surface area contributed by atoms with Crippen molar-refractivity contribution in [1.29, 1.82) is 0 Å². The molecule has 1 saturated carbocycles. The summed E-state index contributed by atoms with van der Waals surface area (Å²) in [5.74, 6) is -1.40. The summed E-state index contributed by atoms with van der Waals surface area (Å²) < 4.78 is 0. The van der Waals surface area contributed by atoms with Gasteiger partial charge in [-0.3, -0.25) is 19.7 Å². The van der Waals surface area contributed by atoms with E-state index in [9.17, 15) is 24.8 Å². The zero-order valence-electron chi connectivity index (χ0n) is 10.8. The number of hydrogen-bond acceptors (Lipinski definition) is 5. The largest absolute Gasteiger partial charge is 0.481 e. The van der Waals surface area contributed by atoms with Crippen molar-refractivity contribution in [2.24, 2.45) is 5.41 Å². The Balaban J connectivity index is 2.11. The van der Waals surface area contributed by atoms with Crippen LogP contribution in [0.15, 0.2) is 11.4 Å². The summed E-state index contributed by atoms with van der Waals surface area (Å²) in [6.07, 6.45) is 1.84. The van der Waals surface area contributed by atoms with E-state index in [1.165, 1.54) is 11.4 Å². The van der Waals surface area contributed by atoms with Crippen LogP contribution in [0.1, 0.15) is 36.5 Å². The summed E-state index contributed by atoms with van der Waals surface area (Å²) in [7, 11) is 0. The third kappa shape index (κ3) is 2.51. The van der Waals surface area contributed by atoms with Crippen LogP contribution in [0.4, 0.5) is 5.00 Å². The van der Waals surface area contributed by atoms with Gasteiger partial charge in [0.15, 0.2) is 0 Å². The molecule has 0 aliphatic heterocycles. The van der Waals surface area contributed by atoms with E-state index < -0.39 is 28.3 Å². The molecule has 2 unspecified atom stereocenters. The van der Waals surface area contributed by atoms with E-state index in [0.29, 0.717) is 12.8 Å². The number of carboxylic acids is 1. The normalized spacial score (nSPS) is 25.4. The number of carbonyl (C=O) groups is 2. The molecule has 1 heterocycles. The average molecular weight is 298 g/mol. The van der Waals surface area contributed by atoms with Crippen LogP contribution in [0, 0.1) is 15.5 Å². The summed E-state index contributed by atoms with van der Waals surface area (Å²) >= 11 is 0.874. The fraction of sp³-hybridized carbons (Fsp3) is 0.500. The maximum Gasteiger partial charge on any atom is 0.324 e. The van der Waals surface area contributed by atoms with Gasteiger partial charge in [0.05, 0.1) is 15.9 Å². The smallest absolute Gasteiger partial charge is 0.324 e. The molecule has 20 heavy (non-hydrogen) atoms. The van der Waals surface area contributed by atoms with Crippen molar-refractivity contribution in [3.05, 3.63) is 27.1 Å². The van der Waals surface area contributed by atoms with Crippen LogP contribution in [-0.4, -0.2) is 27.9 Å². The van der Waals surface area contributed by atoms with E-state index in [-0.39, 0.29) is 10.6 Å². The van der Waals surface area contributed by atoms with Gasteiger partial charge in [0.1, 0.15) is 0 Å². The van der Waals surface area contributed by atoms with E-state index >= 15 is 0 Å². The van der Waals surface area contributed by atoms with Gasteiger partial charge in [-0.25, -0.2) is 0 Å². The molecule has 2 rings (SSSR count). The van der Waals surface area contributed by atoms with Crippen LogP contribution in [-0.2, 0) is 4.79 Å². The lowest BCUT2D eigenvalue weighted by Crippen LogP contribution is -2.46. The Morgan fingerprint density at radius 2 is 2.30 bits per heavy atom. The Labute approximate surface area is 118 Å². The zero-order valence-corrected chi connectivity index (χ0v) is 11.6. The molecular weight excluding hydrogens is 284 g/mol. The Bertz CT molecular complexity index is 570. The van der Waals surface area contributed by atoms with Crippen LogP contribution in [0.2, 0.25) is 0 Å². The van der Waals surface area contributed by atoms with Gasteiger partial charge in [-0.1, -0.05) is 17.8 Å². The van der Waals surface area contributed by atoms with E-state index in [4.69, 9.17) is 0 Å². The number of rotatable bonds is 4. The number of nitrogens with one attached hydrogen (secondary N) is 1. The second-order valence-corrected chi connectivity index (χ2v) is 5.96. The van der Waals surface area contributed by atoms with Crippen LogP contribution < -0.4 is 5.32 Å². The summed E-state index contributed by atoms with van der Waals surface area (Å²) in [4.78, 5) is 33.4. The molecule has 2 atom stereocenters. The number of aliphatic carboxylic acids is 1. The van der Waals surface area contributed by atoms with Crippen molar-refractivity contribution in [2.75, 3.05) is 0 Å². The van der Waals surface area contributed by atoms with Gasteiger partial charge < -0.3 is 10.4 Å². The summed E-state index contributed by atoms with van der Waals surface area (Å²) in [5.41, 5.74) is -0.779. The minimum absolute atomic E-state index is 0.109. The Morgan fingerprint density at radius 3 is 2.85 bits per heavy atom. The second kappa shape index (κ2) is 5.20. The molecule has 1 aromatic rings. The molecule has 1 aliphatic rings. The average Bonchev–Trinajstić information content (AvgIpc) is 2.98. The quantitative estimate of drug-likeness (QED) is 0.653. The summed E-state index contributed by atoms with van der Waals surface area (Å²) in [6, 6.07) is 0.749. The van der Waals surface area contributed by atoms with E-state index in [1.54, 1.807) is 6.92 Å². The first-order chi connectivity index (χ1) is 9.34. The number of hydrogen-bond donors (Lipinski definition) is 2. The van der Waals surface area contributed by atoms with E-state index in [0.717, 1.165) is 17.8 Å². The highest BCUT2D eigenvalue weighted by Crippen LogP contribution is 2.38. The molecular formula is C12H14N2O5S. The maximum atomic E-state index is 12.0. The third-order valence-electron chi connectivity index (χ3n) is 3.78. The predicted molar refractivity (Wildman–Crippen MR) is 71.8 cm³/mol. The van der Waals surface area contributed by atoms with Crippen molar-refractivity contribution in [3.8, 4) is 0 Å².